The van der Waals surface area contributed by atoms with Crippen molar-refractivity contribution in [3.63, 3.8) is 0 Å². The van der Waals surface area contributed by atoms with Crippen molar-refractivity contribution in [3.8, 4) is 0 Å². The van der Waals surface area contributed by atoms with E-state index in [-0.39, 0.29) is 13.0 Å². The van der Waals surface area contributed by atoms with Crippen LogP contribution < -0.4 is 0 Å². The summed E-state index contributed by atoms with van der Waals surface area (Å²) in [5.41, 5.74) is -1.34. The monoisotopic (exact) mass is 356 g/mol. The Kier molecular flexibility index (Phi) is 4.80. The normalized spacial score (nSPS) is 30.3. The third-order valence-electron chi connectivity index (χ3n) is 4.52. The van der Waals surface area contributed by atoms with E-state index in [0.717, 1.165) is 0 Å². The smallest absolute Gasteiger partial charge is 0.411 e. The maximum atomic E-state index is 13.1. The number of ether oxygens (including phenoxy) is 1. The second-order valence-electron chi connectivity index (χ2n) is 8.87. The van der Waals surface area contributed by atoms with Crippen molar-refractivity contribution in [1.29, 1.82) is 0 Å². The number of aliphatic hydroxyl groups excluding tert-OH is 1. The SMILES string of the molecule is CC(C)(C)OC(=O)N1C[C@@H]2[C@H](O)C[C@@H](C(=O)O)N2C(=O)[C@H]1C(C)(C)C. The maximum absolute atomic E-state index is 13.1. The first-order valence-electron chi connectivity index (χ1n) is 8.46. The van der Waals surface area contributed by atoms with Crippen LogP contribution in [0.2, 0.25) is 0 Å². The molecule has 2 rings (SSSR count). The molecule has 2 amide bonds. The van der Waals surface area contributed by atoms with Gasteiger partial charge in [-0.25, -0.2) is 9.59 Å². The molecule has 0 aromatic rings. The van der Waals surface area contributed by atoms with Crippen molar-refractivity contribution in [1.82, 2.24) is 9.80 Å². The van der Waals surface area contributed by atoms with Gasteiger partial charge in [0.1, 0.15) is 17.7 Å². The standard InChI is InChI=1S/C17H28N2O6/c1-16(2,3)12-13(21)19-9(14(22)23)7-11(20)10(19)8-18(12)15(24)25-17(4,5)6/h9-12,20H,7-8H2,1-6H3,(H,22,23)/t9-,10+,11+,12-/m0/s1. The topological polar surface area (TPSA) is 107 Å². The molecule has 0 aliphatic carbocycles. The van der Waals surface area contributed by atoms with Gasteiger partial charge in [-0.2, -0.15) is 0 Å². The van der Waals surface area contributed by atoms with E-state index < -0.39 is 53.2 Å². The third kappa shape index (κ3) is 3.73. The highest BCUT2D eigenvalue weighted by Crippen LogP contribution is 2.37. The van der Waals surface area contributed by atoms with Gasteiger partial charge < -0.3 is 19.8 Å². The lowest BCUT2D eigenvalue weighted by molar-refractivity contribution is -0.160. The average Bonchev–Trinajstić information content (AvgIpc) is 2.73. The summed E-state index contributed by atoms with van der Waals surface area (Å²) in [6, 6.07) is -2.66. The molecule has 0 saturated carbocycles. The molecule has 8 heteroatoms. The lowest BCUT2D eigenvalue weighted by atomic mass is 9.82. The lowest BCUT2D eigenvalue weighted by Gasteiger charge is -2.48. The van der Waals surface area contributed by atoms with Gasteiger partial charge in [0.2, 0.25) is 5.91 Å². The molecule has 0 radical (unpaired) electrons. The minimum absolute atomic E-state index is 0.0369. The molecular formula is C17H28N2O6. The van der Waals surface area contributed by atoms with Crippen LogP contribution in [0.15, 0.2) is 0 Å². The molecule has 25 heavy (non-hydrogen) atoms. The van der Waals surface area contributed by atoms with E-state index in [4.69, 9.17) is 4.74 Å². The van der Waals surface area contributed by atoms with Gasteiger partial charge in [0.25, 0.3) is 0 Å². The molecule has 0 unspecified atom stereocenters. The Hall–Kier alpha value is -1.83. The fourth-order valence-electron chi connectivity index (χ4n) is 3.58. The van der Waals surface area contributed by atoms with Crippen LogP contribution in [0.3, 0.4) is 0 Å². The predicted octanol–water partition coefficient (Wildman–Crippen LogP) is 1.07. The van der Waals surface area contributed by atoms with Crippen molar-refractivity contribution in [2.75, 3.05) is 6.54 Å². The average molecular weight is 356 g/mol. The zero-order valence-electron chi connectivity index (χ0n) is 15.6. The summed E-state index contributed by atoms with van der Waals surface area (Å²) in [5.74, 6) is -1.60. The van der Waals surface area contributed by atoms with Gasteiger partial charge in [-0.15, -0.1) is 0 Å². The molecule has 2 aliphatic heterocycles. The van der Waals surface area contributed by atoms with Crippen LogP contribution in [0, 0.1) is 5.41 Å². The molecule has 2 fully saturated rings. The van der Waals surface area contributed by atoms with Crippen molar-refractivity contribution >= 4 is 18.0 Å². The molecule has 142 valence electrons. The number of amides is 2. The second-order valence-corrected chi connectivity index (χ2v) is 8.87. The molecular weight excluding hydrogens is 328 g/mol. The number of carbonyl (C=O) groups is 3. The first kappa shape index (κ1) is 19.5. The number of aliphatic carboxylic acids is 1. The van der Waals surface area contributed by atoms with Gasteiger partial charge in [-0.3, -0.25) is 9.69 Å². The van der Waals surface area contributed by atoms with E-state index in [1.54, 1.807) is 20.8 Å². The van der Waals surface area contributed by atoms with Crippen LogP contribution in [0.25, 0.3) is 0 Å². The summed E-state index contributed by atoms with van der Waals surface area (Å²) in [4.78, 5) is 39.8. The molecule has 0 spiro atoms. The summed E-state index contributed by atoms with van der Waals surface area (Å²) in [7, 11) is 0. The molecule has 0 aromatic carbocycles. The van der Waals surface area contributed by atoms with Gasteiger partial charge in [0.15, 0.2) is 0 Å². The number of carbonyl (C=O) groups excluding carboxylic acids is 2. The predicted molar refractivity (Wildman–Crippen MR) is 88.9 cm³/mol. The molecule has 2 saturated heterocycles. The van der Waals surface area contributed by atoms with E-state index in [1.807, 2.05) is 20.8 Å². The fourth-order valence-corrected chi connectivity index (χ4v) is 3.58. The van der Waals surface area contributed by atoms with Crippen LogP contribution >= 0.6 is 0 Å². The molecule has 2 aliphatic rings. The number of hydrogen-bond donors (Lipinski definition) is 2. The van der Waals surface area contributed by atoms with E-state index in [2.05, 4.69) is 0 Å². The second kappa shape index (κ2) is 6.16. The number of nitrogens with zero attached hydrogens (tertiary/aromatic N) is 2. The van der Waals surface area contributed by atoms with Gasteiger partial charge in [-0.05, 0) is 26.2 Å². The van der Waals surface area contributed by atoms with Gasteiger partial charge >= 0.3 is 12.1 Å². The molecule has 0 bridgehead atoms. The van der Waals surface area contributed by atoms with E-state index in [9.17, 15) is 24.6 Å². The van der Waals surface area contributed by atoms with Crippen LogP contribution in [-0.4, -0.2) is 74.4 Å². The molecule has 8 nitrogen and oxygen atoms in total. The summed E-state index contributed by atoms with van der Waals surface area (Å²) in [5, 5.41) is 19.6. The van der Waals surface area contributed by atoms with Crippen LogP contribution in [-0.2, 0) is 14.3 Å². The van der Waals surface area contributed by atoms with Crippen molar-refractivity contribution < 1.29 is 29.3 Å². The molecule has 2 N–H and O–H groups in total. The first-order chi connectivity index (χ1) is 11.2. The van der Waals surface area contributed by atoms with Crippen molar-refractivity contribution in [2.24, 2.45) is 5.41 Å². The quantitative estimate of drug-likeness (QED) is 0.728. The number of piperazine rings is 1. The maximum Gasteiger partial charge on any atom is 0.411 e. The minimum atomic E-state index is -1.15. The number of aliphatic hydroxyl groups is 1. The Morgan fingerprint density at radius 3 is 2.16 bits per heavy atom. The number of carboxylic acids is 1. The van der Waals surface area contributed by atoms with E-state index in [0.29, 0.717) is 0 Å². The van der Waals surface area contributed by atoms with Crippen LogP contribution in [0.4, 0.5) is 4.79 Å². The number of fused-ring (bicyclic) bond motifs is 1. The minimum Gasteiger partial charge on any atom is -0.480 e. The highest BCUT2D eigenvalue weighted by molar-refractivity contribution is 5.92. The van der Waals surface area contributed by atoms with Crippen molar-refractivity contribution in [3.05, 3.63) is 0 Å². The summed E-state index contributed by atoms with van der Waals surface area (Å²) < 4.78 is 5.43. The Morgan fingerprint density at radius 1 is 1.16 bits per heavy atom. The third-order valence-corrected chi connectivity index (χ3v) is 4.52. The van der Waals surface area contributed by atoms with Gasteiger partial charge in [-0.1, -0.05) is 20.8 Å². The highest BCUT2D eigenvalue weighted by Gasteiger charge is 2.56. The number of hydrogen-bond acceptors (Lipinski definition) is 5. The Labute approximate surface area is 147 Å². The zero-order chi connectivity index (χ0) is 19.3. The van der Waals surface area contributed by atoms with Crippen LogP contribution in [0.1, 0.15) is 48.0 Å². The first-order valence-corrected chi connectivity index (χ1v) is 8.46. The zero-order valence-corrected chi connectivity index (χ0v) is 15.6. The Balaban J connectivity index is 2.40. The lowest BCUT2D eigenvalue weighted by Crippen LogP contribution is -2.68. The van der Waals surface area contributed by atoms with Gasteiger partial charge in [0, 0.05) is 13.0 Å². The largest absolute Gasteiger partial charge is 0.480 e. The molecule has 0 aromatic heterocycles. The summed E-state index contributed by atoms with van der Waals surface area (Å²) >= 11 is 0. The fraction of sp³-hybridized carbons (Fsp3) is 0.824. The summed E-state index contributed by atoms with van der Waals surface area (Å²) in [6.07, 6.45) is -1.66. The molecule has 2 heterocycles. The van der Waals surface area contributed by atoms with E-state index >= 15 is 0 Å². The van der Waals surface area contributed by atoms with Crippen molar-refractivity contribution in [2.45, 2.75) is 77.8 Å². The number of carboxylic acid groups (broad SMARTS) is 1. The highest BCUT2D eigenvalue weighted by atomic mass is 16.6. The number of rotatable bonds is 1. The Bertz CT molecular complexity index is 577. The molecule has 4 atom stereocenters. The van der Waals surface area contributed by atoms with Crippen LogP contribution in [0.5, 0.6) is 0 Å². The van der Waals surface area contributed by atoms with E-state index in [1.165, 1.54) is 9.80 Å². The Morgan fingerprint density at radius 2 is 1.72 bits per heavy atom. The summed E-state index contributed by atoms with van der Waals surface area (Å²) in [6.45, 7) is 10.7. The van der Waals surface area contributed by atoms with Gasteiger partial charge in [0.05, 0.1) is 12.1 Å².